The molecule has 0 radical (unpaired) electrons. The van der Waals surface area contributed by atoms with Crippen molar-refractivity contribution in [1.82, 2.24) is 25.4 Å². The van der Waals surface area contributed by atoms with Gasteiger partial charge >= 0.3 is 4.87 Å². The molecule has 2 N–H and O–H groups in total. The molecule has 1 fully saturated rings. The van der Waals surface area contributed by atoms with Crippen LogP contribution in [0.15, 0.2) is 59.4 Å². The number of para-hydroxylation sites is 1. The molecule has 9 heteroatoms. The third kappa shape index (κ3) is 5.11. The van der Waals surface area contributed by atoms with Crippen molar-refractivity contribution in [2.75, 3.05) is 20.1 Å². The average Bonchev–Trinajstić information content (AvgIpc) is 3.47. The zero-order valence-corrected chi connectivity index (χ0v) is 20.5. The Morgan fingerprint density at radius 3 is 2.74 bits per heavy atom. The topological polar surface area (TPSA) is 100 Å². The summed E-state index contributed by atoms with van der Waals surface area (Å²) < 4.78 is 6.05. The summed E-state index contributed by atoms with van der Waals surface area (Å²) in [5.41, 5.74) is 3.65. The lowest BCUT2D eigenvalue weighted by Gasteiger charge is -2.18. The second-order valence-electron chi connectivity index (χ2n) is 8.82. The number of fused-ring (bicyclic) bond motifs is 1. The van der Waals surface area contributed by atoms with E-state index in [4.69, 9.17) is 4.74 Å². The molecule has 2 aromatic heterocycles. The van der Waals surface area contributed by atoms with E-state index in [1.54, 1.807) is 12.1 Å². The third-order valence-corrected chi connectivity index (χ3v) is 7.20. The number of carbonyl (C=O) groups is 1. The van der Waals surface area contributed by atoms with Crippen molar-refractivity contribution in [3.8, 4) is 5.75 Å². The maximum absolute atomic E-state index is 12.9. The van der Waals surface area contributed by atoms with Gasteiger partial charge in [-0.05, 0) is 49.9 Å². The number of aryl methyl sites for hydroxylation is 1. The first-order valence-corrected chi connectivity index (χ1v) is 12.5. The zero-order valence-electron chi connectivity index (χ0n) is 19.7. The number of carbonyl (C=O) groups excluding carboxylic acids is 1. The molecule has 1 amide bonds. The molecule has 3 heterocycles. The van der Waals surface area contributed by atoms with Gasteiger partial charge in [-0.25, -0.2) is 5.10 Å². The number of nitrogens with zero attached hydrogens (tertiary/aromatic N) is 3. The lowest BCUT2D eigenvalue weighted by atomic mass is 10.0. The number of benzene rings is 2. The van der Waals surface area contributed by atoms with E-state index in [9.17, 15) is 9.59 Å². The molecule has 0 unspecified atom stereocenters. The Labute approximate surface area is 207 Å². The number of hydrogen-bond acceptors (Lipinski definition) is 7. The van der Waals surface area contributed by atoms with E-state index in [1.807, 2.05) is 37.4 Å². The van der Waals surface area contributed by atoms with Gasteiger partial charge in [0.15, 0.2) is 0 Å². The summed E-state index contributed by atoms with van der Waals surface area (Å²) in [7, 11) is 2.00. The number of rotatable bonds is 7. The van der Waals surface area contributed by atoms with E-state index >= 15 is 0 Å². The van der Waals surface area contributed by atoms with Crippen LogP contribution in [0.4, 0.5) is 0 Å². The Hall–Kier alpha value is -3.56. The molecule has 0 saturated carbocycles. The Kier molecular flexibility index (Phi) is 6.61. The second kappa shape index (κ2) is 9.97. The van der Waals surface area contributed by atoms with Gasteiger partial charge in [-0.15, -0.1) is 0 Å². The lowest BCUT2D eigenvalue weighted by molar-refractivity contribution is 0.0935. The van der Waals surface area contributed by atoms with Gasteiger partial charge in [0, 0.05) is 41.2 Å². The molecule has 180 valence electrons. The smallest absolute Gasteiger partial charge is 0.322 e. The molecule has 1 saturated heterocycles. The fourth-order valence-electron chi connectivity index (χ4n) is 4.52. The first-order valence-electron chi connectivity index (χ1n) is 11.7. The predicted octanol–water partition coefficient (Wildman–Crippen LogP) is 3.35. The molecule has 4 aromatic rings. The van der Waals surface area contributed by atoms with Gasteiger partial charge in [0.25, 0.3) is 5.91 Å². The van der Waals surface area contributed by atoms with Crippen LogP contribution in [0, 0.1) is 0 Å². The van der Waals surface area contributed by atoms with Gasteiger partial charge in [-0.1, -0.05) is 36.5 Å². The quantitative estimate of drug-likeness (QED) is 0.413. The number of nitrogens with one attached hydrogen (secondary N) is 2. The Morgan fingerprint density at radius 2 is 2.00 bits per heavy atom. The number of aromatic nitrogens is 3. The summed E-state index contributed by atoms with van der Waals surface area (Å²) in [4.78, 5) is 31.1. The summed E-state index contributed by atoms with van der Waals surface area (Å²) in [6.07, 6.45) is 0.859. The summed E-state index contributed by atoms with van der Waals surface area (Å²) in [6.45, 7) is 3.95. The first-order chi connectivity index (χ1) is 17.0. The van der Waals surface area contributed by atoms with E-state index in [1.165, 1.54) is 0 Å². The van der Waals surface area contributed by atoms with E-state index in [0.717, 1.165) is 51.5 Å². The highest BCUT2D eigenvalue weighted by Gasteiger charge is 2.35. The number of aromatic amines is 1. The first kappa shape index (κ1) is 23.2. The number of H-pyrrole nitrogens is 1. The molecule has 0 spiro atoms. The number of amides is 1. The van der Waals surface area contributed by atoms with E-state index in [-0.39, 0.29) is 22.7 Å². The summed E-state index contributed by atoms with van der Waals surface area (Å²) >= 11 is 1.10. The monoisotopic (exact) mass is 489 g/mol. The van der Waals surface area contributed by atoms with Crippen LogP contribution in [-0.4, -0.2) is 52.2 Å². The molecule has 2 atom stereocenters. The number of likely N-dealkylation sites (N-methyl/N-ethyl adjacent to an activating group) is 1. The Morgan fingerprint density at radius 1 is 1.20 bits per heavy atom. The van der Waals surface area contributed by atoms with Crippen LogP contribution in [0.3, 0.4) is 0 Å². The average molecular weight is 490 g/mol. The van der Waals surface area contributed by atoms with Gasteiger partial charge in [0.1, 0.15) is 17.4 Å². The van der Waals surface area contributed by atoms with Crippen molar-refractivity contribution in [1.29, 1.82) is 0 Å². The highest BCUT2D eigenvalue weighted by molar-refractivity contribution is 7.08. The maximum atomic E-state index is 12.9. The normalized spacial score (nSPS) is 18.1. The minimum atomic E-state index is -0.180. The van der Waals surface area contributed by atoms with Gasteiger partial charge in [-0.3, -0.25) is 14.6 Å². The molecule has 8 nitrogen and oxygen atoms in total. The third-order valence-electron chi connectivity index (χ3n) is 6.32. The van der Waals surface area contributed by atoms with Gasteiger partial charge in [0.2, 0.25) is 0 Å². The zero-order chi connectivity index (χ0) is 24.4. The van der Waals surface area contributed by atoms with Crippen LogP contribution in [0.25, 0.3) is 10.9 Å². The molecule has 5 rings (SSSR count). The van der Waals surface area contributed by atoms with Crippen LogP contribution in [0.5, 0.6) is 5.75 Å². The molecule has 0 bridgehead atoms. The van der Waals surface area contributed by atoms with Crippen molar-refractivity contribution in [3.05, 3.63) is 86.1 Å². The maximum Gasteiger partial charge on any atom is 0.322 e. The van der Waals surface area contributed by atoms with Gasteiger partial charge in [0.05, 0.1) is 11.6 Å². The molecule has 0 aliphatic carbocycles. The molecule has 1 aliphatic heterocycles. The van der Waals surface area contributed by atoms with Crippen LogP contribution in [-0.2, 0) is 13.0 Å². The number of ether oxygens (including phenoxy) is 1. The summed E-state index contributed by atoms with van der Waals surface area (Å²) in [6, 6.07) is 17.2. The molecule has 1 aliphatic rings. The minimum Gasteiger partial charge on any atom is -0.489 e. The van der Waals surface area contributed by atoms with Gasteiger partial charge < -0.3 is 15.0 Å². The fraction of sp³-hybridized carbons (Fsp3) is 0.308. The fourth-order valence-corrected chi connectivity index (χ4v) is 5.28. The van der Waals surface area contributed by atoms with E-state index < -0.39 is 0 Å². The van der Waals surface area contributed by atoms with Crippen LogP contribution in [0.1, 0.15) is 39.5 Å². The molecular formula is C26H27N5O3S. The largest absolute Gasteiger partial charge is 0.489 e. The van der Waals surface area contributed by atoms with Crippen molar-refractivity contribution < 1.29 is 9.53 Å². The summed E-state index contributed by atoms with van der Waals surface area (Å²) in [5, 5.41) is 11.5. The highest BCUT2D eigenvalue weighted by atomic mass is 32.1. The Bertz CT molecular complexity index is 1400. The molecule has 2 aromatic carbocycles. The van der Waals surface area contributed by atoms with Crippen LogP contribution < -0.4 is 14.9 Å². The van der Waals surface area contributed by atoms with E-state index in [0.29, 0.717) is 24.5 Å². The molecule has 35 heavy (non-hydrogen) atoms. The van der Waals surface area contributed by atoms with Gasteiger partial charge in [-0.2, -0.15) is 5.10 Å². The van der Waals surface area contributed by atoms with Crippen molar-refractivity contribution in [3.63, 3.8) is 0 Å². The predicted molar refractivity (Wildman–Crippen MR) is 136 cm³/mol. The number of hydrogen-bond donors (Lipinski definition) is 2. The van der Waals surface area contributed by atoms with Crippen LogP contribution >= 0.6 is 11.3 Å². The van der Waals surface area contributed by atoms with Crippen LogP contribution in [0.2, 0.25) is 0 Å². The van der Waals surface area contributed by atoms with Crippen molar-refractivity contribution in [2.24, 2.45) is 0 Å². The number of likely N-dealkylation sites (tertiary alicyclic amines) is 1. The second-order valence-corrected chi connectivity index (χ2v) is 9.81. The SMILES string of the molecule is CCc1cc(COc2ccc(C(=O)N[C@@H]3CN(C)C[C@@H]3c3n[nH]c(=O)s3)cc2)c2ccccc2n1. The van der Waals surface area contributed by atoms with Crippen molar-refractivity contribution in [2.45, 2.75) is 31.9 Å². The minimum absolute atomic E-state index is 0.0151. The summed E-state index contributed by atoms with van der Waals surface area (Å²) in [5.74, 6) is 0.524. The highest BCUT2D eigenvalue weighted by Crippen LogP contribution is 2.27. The lowest BCUT2D eigenvalue weighted by Crippen LogP contribution is -2.39. The van der Waals surface area contributed by atoms with E-state index in [2.05, 4.69) is 44.5 Å². The van der Waals surface area contributed by atoms with Crippen molar-refractivity contribution >= 4 is 28.1 Å². The number of pyridine rings is 1. The Balaban J connectivity index is 1.25. The standard InChI is InChI=1S/C26H27N5O3S/c1-3-18-12-17(20-6-4-5-7-22(20)27-18)15-34-19-10-8-16(9-11-19)24(32)28-23-14-31(2)13-21(23)25-29-30-26(33)35-25/h4-12,21,23H,3,13-15H2,1-2H3,(H,28,32)(H,30,33)/t21-,23+/m0/s1. The molecular weight excluding hydrogens is 462 g/mol.